The van der Waals surface area contributed by atoms with E-state index in [1.54, 1.807) is 0 Å². The van der Waals surface area contributed by atoms with Gasteiger partial charge in [-0.15, -0.1) is 0 Å². The summed E-state index contributed by atoms with van der Waals surface area (Å²) in [5, 5.41) is 0. The predicted molar refractivity (Wildman–Crippen MR) is 29.3 cm³/mol. The second kappa shape index (κ2) is 48.1. The second-order valence-electron chi connectivity index (χ2n) is 0.289. The quantitative estimate of drug-likeness (QED) is 0.290. The van der Waals surface area contributed by atoms with Crippen LogP contribution in [0, 0.1) is 0 Å². The van der Waals surface area contributed by atoms with E-state index in [0.717, 1.165) is 0 Å². The molecule has 0 unspecified atom stereocenters. The molecule has 0 rings (SSSR count). The van der Waals surface area contributed by atoms with Crippen LogP contribution < -0.4 is 12.4 Å². The van der Waals surface area contributed by atoms with E-state index in [-0.39, 0.29) is 26.2 Å². The molecule has 0 fully saturated rings. The summed E-state index contributed by atoms with van der Waals surface area (Å²) in [6, 6.07) is 0. The van der Waals surface area contributed by atoms with Crippen LogP contribution in [-0.2, 0) is 11.3 Å². The summed E-state index contributed by atoms with van der Waals surface area (Å²) >= 11 is -6.56. The Morgan fingerprint density at radius 2 is 0.700 bits per heavy atom. The molecular weight excluding hydrogens is 523 g/mol. The van der Waals surface area contributed by atoms with Gasteiger partial charge in [0.25, 0.3) is 0 Å². The minimum absolute atomic E-state index is 0. The van der Waals surface area contributed by atoms with Gasteiger partial charge in [0.2, 0.25) is 0 Å². The molecule has 0 atom stereocenters. The Balaban J connectivity index is -0.0000000257. The summed E-state index contributed by atoms with van der Waals surface area (Å²) in [4.78, 5) is 0. The Hall–Kier alpha value is 1.31. The van der Waals surface area contributed by atoms with Gasteiger partial charge in [0.05, 0.1) is 0 Å². The zero-order valence-corrected chi connectivity index (χ0v) is 15.4. The molecule has 0 aromatic heterocycles. The molecule has 0 saturated carbocycles. The molecule has 0 aliphatic heterocycles. The number of rotatable bonds is 0. The summed E-state index contributed by atoms with van der Waals surface area (Å²) in [5.74, 6) is 0. The van der Waals surface area contributed by atoms with E-state index < -0.39 is 47.1 Å². The minimum atomic E-state index is -2.19. The standard InChI is InChI=1S/Bi.3GeHO2/c;3*2-1-3/h;3*1H/q+3;3*-1. The van der Waals surface area contributed by atoms with E-state index >= 15 is 0 Å². The van der Waals surface area contributed by atoms with Gasteiger partial charge in [-0.1, -0.05) is 0 Å². The van der Waals surface area contributed by atoms with Gasteiger partial charge in [-0.25, -0.2) is 0 Å². The van der Waals surface area contributed by atoms with Crippen LogP contribution in [0.2, 0.25) is 0 Å². The van der Waals surface area contributed by atoms with Crippen LogP contribution in [0.15, 0.2) is 0 Å². The Labute approximate surface area is 96.0 Å². The molecule has 0 bridgehead atoms. The summed E-state index contributed by atoms with van der Waals surface area (Å²) in [6.45, 7) is 0. The Morgan fingerprint density at radius 3 is 0.700 bits per heavy atom. The van der Waals surface area contributed by atoms with Crippen molar-refractivity contribution in [3.63, 3.8) is 0 Å². The van der Waals surface area contributed by atoms with Crippen molar-refractivity contribution in [1.29, 1.82) is 0 Å². The molecule has 0 aliphatic rings. The molecule has 2 radical (unpaired) electrons. The van der Waals surface area contributed by atoms with Gasteiger partial charge in [0, 0.05) is 0 Å². The average molecular weight is 526 g/mol. The van der Waals surface area contributed by atoms with Crippen LogP contribution in [-0.4, -0.2) is 73.3 Å². The fraction of sp³-hybridized carbons (Fsp3) is 0. The first-order valence-corrected chi connectivity index (χ1v) is 7.35. The van der Waals surface area contributed by atoms with Crippen LogP contribution in [0.3, 0.4) is 0 Å². The maximum absolute atomic E-state index is 8.53. The van der Waals surface area contributed by atoms with E-state index in [4.69, 9.17) is 23.7 Å². The van der Waals surface area contributed by atoms with Crippen LogP contribution in [0.1, 0.15) is 0 Å². The van der Waals surface area contributed by atoms with Crippen molar-refractivity contribution in [2.45, 2.75) is 0 Å². The Bertz CT molecular complexity index is 49.7. The maximum atomic E-state index is 8.53. The summed E-state index contributed by atoms with van der Waals surface area (Å²) < 4.78 is 51.2. The third-order valence-corrected chi connectivity index (χ3v) is 0. The van der Waals surface area contributed by atoms with Gasteiger partial charge < -0.3 is 0 Å². The van der Waals surface area contributed by atoms with Crippen molar-refractivity contribution in [2.24, 2.45) is 0 Å². The van der Waals surface area contributed by atoms with Gasteiger partial charge in [-0.05, 0) is 0 Å². The Morgan fingerprint density at radius 1 is 0.700 bits per heavy atom. The van der Waals surface area contributed by atoms with Crippen molar-refractivity contribution >= 4 is 73.3 Å². The van der Waals surface area contributed by atoms with Gasteiger partial charge in [0.15, 0.2) is 0 Å². The monoisotopic (exact) mass is 530 g/mol. The van der Waals surface area contributed by atoms with Gasteiger partial charge in [0.1, 0.15) is 0 Å². The molecule has 0 N–H and O–H groups in total. The third-order valence-electron chi connectivity index (χ3n) is 0. The first-order valence-electron chi connectivity index (χ1n) is 1.41. The molecule has 0 saturated heterocycles. The van der Waals surface area contributed by atoms with E-state index in [1.807, 2.05) is 0 Å². The van der Waals surface area contributed by atoms with E-state index in [2.05, 4.69) is 0 Å². The molecule has 56 valence electrons. The zero-order chi connectivity index (χ0) is 8.12. The van der Waals surface area contributed by atoms with Crippen LogP contribution in [0.5, 0.6) is 0 Å². The number of hydrogen-bond donors (Lipinski definition) is 0. The van der Waals surface area contributed by atoms with E-state index in [0.29, 0.717) is 0 Å². The fourth-order valence-electron chi connectivity index (χ4n) is 0. The molecule has 6 nitrogen and oxygen atoms in total. The molecule has 0 aromatic rings. The Kier molecular flexibility index (Phi) is 108. The molecular formula is H3BiGe3O6. The molecule has 0 amide bonds. The van der Waals surface area contributed by atoms with Crippen molar-refractivity contribution in [3.05, 3.63) is 0 Å². The van der Waals surface area contributed by atoms with E-state index in [9.17, 15) is 0 Å². The summed E-state index contributed by atoms with van der Waals surface area (Å²) in [7, 11) is 0. The van der Waals surface area contributed by atoms with Crippen LogP contribution in [0.25, 0.3) is 0 Å². The van der Waals surface area contributed by atoms with Gasteiger partial charge in [-0.3, -0.25) is 0 Å². The predicted octanol–water partition coefficient (Wildman–Crippen LogP) is -6.25. The normalized spacial score (nSPS) is 3.60. The van der Waals surface area contributed by atoms with Gasteiger partial charge >= 0.3 is 97.1 Å². The summed E-state index contributed by atoms with van der Waals surface area (Å²) in [6.07, 6.45) is 0. The van der Waals surface area contributed by atoms with E-state index in [1.165, 1.54) is 0 Å². The van der Waals surface area contributed by atoms with Crippen molar-refractivity contribution in [1.82, 2.24) is 0 Å². The van der Waals surface area contributed by atoms with Crippen molar-refractivity contribution in [3.8, 4) is 0 Å². The van der Waals surface area contributed by atoms with Crippen molar-refractivity contribution in [2.75, 3.05) is 0 Å². The average Bonchev–Trinajstić information content (AvgIpc) is 1.70. The third kappa shape index (κ3) is 374. The zero-order valence-electron chi connectivity index (χ0n) is 4.63. The topological polar surface area (TPSA) is 120 Å². The molecule has 0 spiro atoms. The van der Waals surface area contributed by atoms with Gasteiger partial charge in [-0.2, -0.15) is 0 Å². The number of hydrogen-bond acceptors (Lipinski definition) is 6. The van der Waals surface area contributed by atoms with Crippen LogP contribution >= 0.6 is 0 Å². The summed E-state index contributed by atoms with van der Waals surface area (Å²) in [5.41, 5.74) is 0. The molecule has 10 heteroatoms. The fourth-order valence-corrected chi connectivity index (χ4v) is 0. The first-order chi connectivity index (χ1) is 4.24. The second-order valence-corrected chi connectivity index (χ2v) is 1.50. The van der Waals surface area contributed by atoms with Crippen molar-refractivity contribution < 1.29 is 23.7 Å². The molecule has 10 heavy (non-hydrogen) atoms. The molecule has 0 heterocycles. The first kappa shape index (κ1) is 22.5. The SMILES string of the molecule is [Bi+3].[O]=[GeH][O-].[O]=[GeH][O-].[O]=[GeH][O-]. The molecule has 0 aromatic carbocycles. The molecule has 0 aliphatic carbocycles. The van der Waals surface area contributed by atoms with Crippen LogP contribution in [0.4, 0.5) is 0 Å².